The van der Waals surface area contributed by atoms with E-state index >= 15 is 0 Å². The maximum atomic E-state index is 5.90. The summed E-state index contributed by atoms with van der Waals surface area (Å²) in [6, 6.07) is 6.95. The van der Waals surface area contributed by atoms with Crippen molar-refractivity contribution in [2.24, 2.45) is 0 Å². The number of anilines is 2. The van der Waals surface area contributed by atoms with Crippen molar-refractivity contribution in [3.63, 3.8) is 0 Å². The second kappa shape index (κ2) is 5.21. The lowest BCUT2D eigenvalue weighted by molar-refractivity contribution is 0.954. The molecule has 0 aliphatic rings. The van der Waals surface area contributed by atoms with E-state index in [9.17, 15) is 0 Å². The van der Waals surface area contributed by atoms with Gasteiger partial charge >= 0.3 is 0 Å². The summed E-state index contributed by atoms with van der Waals surface area (Å²) in [7, 11) is 0. The van der Waals surface area contributed by atoms with Gasteiger partial charge in [0.1, 0.15) is 11.6 Å². The Kier molecular flexibility index (Phi) is 3.66. The molecule has 6 heteroatoms. The number of nitrogens with one attached hydrogen (secondary N) is 1. The Morgan fingerprint density at radius 2 is 2.00 bits per heavy atom. The molecule has 0 atom stereocenters. The van der Waals surface area contributed by atoms with Crippen LogP contribution < -0.4 is 11.1 Å². The molecule has 0 amide bonds. The minimum atomic E-state index is 0.450. The quantitative estimate of drug-likeness (QED) is 0.899. The molecule has 0 spiro atoms. The lowest BCUT2D eigenvalue weighted by atomic mass is 10.3. The van der Waals surface area contributed by atoms with Crippen LogP contribution in [0, 0.1) is 0 Å². The molecule has 0 aliphatic carbocycles. The molecular weight excluding hydrogens is 259 g/mol. The number of hydrogen-bond acceptors (Lipinski definition) is 4. The zero-order valence-corrected chi connectivity index (χ0v) is 10.3. The Hall–Kier alpha value is -1.52. The van der Waals surface area contributed by atoms with Crippen molar-refractivity contribution in [1.82, 2.24) is 9.97 Å². The van der Waals surface area contributed by atoms with Gasteiger partial charge in [0.25, 0.3) is 0 Å². The van der Waals surface area contributed by atoms with Gasteiger partial charge in [-0.15, -0.1) is 0 Å². The summed E-state index contributed by atoms with van der Waals surface area (Å²) in [5, 5.41) is 4.16. The average molecular weight is 269 g/mol. The number of hydrogen-bond donors (Lipinski definition) is 2. The monoisotopic (exact) mass is 268 g/mol. The fourth-order valence-corrected chi connectivity index (χ4v) is 1.59. The van der Waals surface area contributed by atoms with E-state index < -0.39 is 0 Å². The molecule has 0 radical (unpaired) electrons. The molecule has 2 aromatic rings. The molecule has 3 N–H and O–H groups in total. The highest BCUT2D eigenvalue weighted by Gasteiger charge is 2.00. The van der Waals surface area contributed by atoms with E-state index in [4.69, 9.17) is 28.9 Å². The van der Waals surface area contributed by atoms with E-state index in [0.29, 0.717) is 28.2 Å². The van der Waals surface area contributed by atoms with Gasteiger partial charge in [0.15, 0.2) is 0 Å². The van der Waals surface area contributed by atoms with Gasteiger partial charge in [-0.1, -0.05) is 23.2 Å². The molecule has 1 aromatic carbocycles. The Balaban J connectivity index is 2.05. The third-order valence-corrected chi connectivity index (χ3v) is 2.84. The minimum Gasteiger partial charge on any atom is -0.384 e. The molecule has 1 heterocycles. The predicted octanol–water partition coefficient (Wildman–Crippen LogP) is 2.98. The first-order valence-electron chi connectivity index (χ1n) is 4.91. The fraction of sp³-hybridized carbons (Fsp3) is 0.0909. The number of benzene rings is 1. The molecule has 0 bridgehead atoms. The summed E-state index contributed by atoms with van der Waals surface area (Å²) >= 11 is 11.7. The van der Waals surface area contributed by atoms with Gasteiger partial charge in [-0.05, 0) is 24.3 Å². The zero-order chi connectivity index (χ0) is 12.3. The maximum absolute atomic E-state index is 5.90. The normalized spacial score (nSPS) is 10.2. The molecule has 0 saturated heterocycles. The summed E-state index contributed by atoms with van der Waals surface area (Å²) in [4.78, 5) is 8.16. The van der Waals surface area contributed by atoms with Crippen LogP contribution >= 0.6 is 23.2 Å². The van der Waals surface area contributed by atoms with Crippen LogP contribution in [-0.4, -0.2) is 9.97 Å². The van der Waals surface area contributed by atoms with Gasteiger partial charge in [-0.2, -0.15) is 0 Å². The number of nitrogen functional groups attached to an aromatic ring is 1. The summed E-state index contributed by atoms with van der Waals surface area (Å²) in [6.45, 7) is 0.475. The molecule has 0 unspecified atom stereocenters. The van der Waals surface area contributed by atoms with Crippen molar-refractivity contribution in [2.75, 3.05) is 11.1 Å². The van der Waals surface area contributed by atoms with E-state index in [1.165, 1.54) is 0 Å². The Bertz CT molecular complexity index is 531. The molecule has 0 aliphatic heterocycles. The van der Waals surface area contributed by atoms with Crippen LogP contribution in [0.25, 0.3) is 0 Å². The van der Waals surface area contributed by atoms with E-state index in [1.54, 1.807) is 24.4 Å². The van der Waals surface area contributed by atoms with Gasteiger partial charge in [0.2, 0.25) is 0 Å². The van der Waals surface area contributed by atoms with Crippen LogP contribution in [0.1, 0.15) is 5.82 Å². The molecule has 1 aromatic heterocycles. The van der Waals surface area contributed by atoms with Crippen molar-refractivity contribution in [3.8, 4) is 0 Å². The first-order valence-corrected chi connectivity index (χ1v) is 5.67. The molecule has 0 fully saturated rings. The predicted molar refractivity (Wildman–Crippen MR) is 70.2 cm³/mol. The lowest BCUT2D eigenvalue weighted by Gasteiger charge is -2.06. The van der Waals surface area contributed by atoms with Crippen molar-refractivity contribution >= 4 is 34.7 Å². The molecule has 88 valence electrons. The molecule has 2 rings (SSSR count). The number of aromatic nitrogens is 2. The summed E-state index contributed by atoms with van der Waals surface area (Å²) in [5.41, 5.74) is 6.41. The molecule has 4 nitrogen and oxygen atoms in total. The van der Waals surface area contributed by atoms with E-state index in [1.807, 2.05) is 6.07 Å². The van der Waals surface area contributed by atoms with Crippen LogP contribution in [-0.2, 0) is 6.54 Å². The maximum Gasteiger partial charge on any atom is 0.149 e. The van der Waals surface area contributed by atoms with Gasteiger partial charge in [0.05, 0.1) is 16.6 Å². The second-order valence-corrected chi connectivity index (χ2v) is 4.19. The smallest absolute Gasteiger partial charge is 0.149 e. The van der Waals surface area contributed by atoms with Crippen molar-refractivity contribution < 1.29 is 0 Å². The number of nitrogens with zero attached hydrogens (tertiary/aromatic N) is 2. The van der Waals surface area contributed by atoms with Crippen LogP contribution in [0.15, 0.2) is 30.5 Å². The van der Waals surface area contributed by atoms with Crippen LogP contribution in [0.2, 0.25) is 10.0 Å². The Labute approximate surface area is 109 Å². The average Bonchev–Trinajstić information content (AvgIpc) is 2.31. The van der Waals surface area contributed by atoms with E-state index in [0.717, 1.165) is 5.69 Å². The Morgan fingerprint density at radius 3 is 2.71 bits per heavy atom. The standard InChI is InChI=1S/C11H10Cl2N4/c12-8-2-1-7(5-9(8)13)16-6-11-15-4-3-10(14)17-11/h1-5,16H,6H2,(H2,14,15,17). The SMILES string of the molecule is Nc1ccnc(CNc2ccc(Cl)c(Cl)c2)n1. The third-order valence-electron chi connectivity index (χ3n) is 2.10. The van der Waals surface area contributed by atoms with Crippen molar-refractivity contribution in [3.05, 3.63) is 46.3 Å². The molecular formula is C11H10Cl2N4. The van der Waals surface area contributed by atoms with Crippen LogP contribution in [0.4, 0.5) is 11.5 Å². The first kappa shape index (κ1) is 12.0. The van der Waals surface area contributed by atoms with E-state index in [2.05, 4.69) is 15.3 Å². The zero-order valence-electron chi connectivity index (χ0n) is 8.82. The summed E-state index contributed by atoms with van der Waals surface area (Å²) in [5.74, 6) is 1.07. The summed E-state index contributed by atoms with van der Waals surface area (Å²) in [6.07, 6.45) is 1.62. The largest absolute Gasteiger partial charge is 0.384 e. The van der Waals surface area contributed by atoms with Gasteiger partial charge in [-0.3, -0.25) is 0 Å². The van der Waals surface area contributed by atoms with Gasteiger partial charge < -0.3 is 11.1 Å². The van der Waals surface area contributed by atoms with Crippen LogP contribution in [0.5, 0.6) is 0 Å². The molecule has 0 saturated carbocycles. The number of halogens is 2. The van der Waals surface area contributed by atoms with Crippen LogP contribution in [0.3, 0.4) is 0 Å². The Morgan fingerprint density at radius 1 is 1.18 bits per heavy atom. The fourth-order valence-electron chi connectivity index (χ4n) is 1.29. The van der Waals surface area contributed by atoms with Crippen molar-refractivity contribution in [2.45, 2.75) is 6.54 Å². The lowest BCUT2D eigenvalue weighted by Crippen LogP contribution is -2.05. The third kappa shape index (κ3) is 3.22. The highest BCUT2D eigenvalue weighted by atomic mass is 35.5. The number of nitrogens with two attached hydrogens (primary N) is 1. The summed E-state index contributed by atoms with van der Waals surface area (Å²) < 4.78 is 0. The topological polar surface area (TPSA) is 63.8 Å². The van der Waals surface area contributed by atoms with Crippen molar-refractivity contribution in [1.29, 1.82) is 0 Å². The number of rotatable bonds is 3. The highest BCUT2D eigenvalue weighted by molar-refractivity contribution is 6.42. The second-order valence-electron chi connectivity index (χ2n) is 3.38. The van der Waals surface area contributed by atoms with E-state index in [-0.39, 0.29) is 0 Å². The van der Waals surface area contributed by atoms with Gasteiger partial charge in [-0.25, -0.2) is 9.97 Å². The molecule has 17 heavy (non-hydrogen) atoms. The minimum absolute atomic E-state index is 0.450. The van der Waals surface area contributed by atoms with Gasteiger partial charge in [0, 0.05) is 11.9 Å². The highest BCUT2D eigenvalue weighted by Crippen LogP contribution is 2.25. The first-order chi connectivity index (χ1) is 8.15.